The molecular weight excluding hydrogens is 162 g/mol. The summed E-state index contributed by atoms with van der Waals surface area (Å²) >= 11 is 0. The fourth-order valence-corrected chi connectivity index (χ4v) is 1.95. The van der Waals surface area contributed by atoms with E-state index in [0.717, 1.165) is 11.3 Å². The van der Waals surface area contributed by atoms with Crippen LogP contribution in [0.5, 0.6) is 0 Å². The molecule has 2 aliphatic rings. The fourth-order valence-electron chi connectivity index (χ4n) is 1.95. The Morgan fingerprint density at radius 1 is 1.25 bits per heavy atom. The Hall–Kier alpha value is -1.26. The predicted molar refractivity (Wildman–Crippen MR) is 37.8 cm³/mol. The largest absolute Gasteiger partial charge is 0.480 e. The molecule has 1 saturated carbocycles. The highest BCUT2D eigenvalue weighted by atomic mass is 16.4. The number of carboxylic acid groups (broad SMARTS) is 2. The van der Waals surface area contributed by atoms with E-state index in [1.54, 1.807) is 0 Å². The molecule has 1 saturated heterocycles. The molecule has 0 aromatic heterocycles. The molecule has 1 heterocycles. The van der Waals surface area contributed by atoms with Crippen LogP contribution in [0.2, 0.25) is 0 Å². The summed E-state index contributed by atoms with van der Waals surface area (Å²) in [6.07, 6.45) is 0.231. The van der Waals surface area contributed by atoms with Crippen LogP contribution in [0.3, 0.4) is 0 Å². The second kappa shape index (κ2) is 2.12. The number of amides is 1. The lowest BCUT2D eigenvalue weighted by Crippen LogP contribution is -2.42. The van der Waals surface area contributed by atoms with Gasteiger partial charge in [-0.3, -0.25) is 4.90 Å². The third kappa shape index (κ3) is 0.855. The van der Waals surface area contributed by atoms with E-state index in [2.05, 4.69) is 0 Å². The lowest BCUT2D eigenvalue weighted by molar-refractivity contribution is -0.142. The molecule has 1 aliphatic carbocycles. The summed E-state index contributed by atoms with van der Waals surface area (Å²) < 4.78 is 0. The van der Waals surface area contributed by atoms with Crippen molar-refractivity contribution in [1.29, 1.82) is 0 Å². The van der Waals surface area contributed by atoms with E-state index in [0.29, 0.717) is 12.3 Å². The Labute approximate surface area is 68.6 Å². The SMILES string of the molecule is O=C(O)C1C[C@@H]2CC2N1C(=O)O. The monoisotopic (exact) mass is 171 g/mol. The first kappa shape index (κ1) is 7.39. The lowest BCUT2D eigenvalue weighted by Gasteiger charge is -2.20. The molecule has 5 heteroatoms. The van der Waals surface area contributed by atoms with E-state index in [4.69, 9.17) is 10.2 Å². The molecule has 0 bridgehead atoms. The van der Waals surface area contributed by atoms with Crippen LogP contribution in [0.15, 0.2) is 0 Å². The molecule has 0 radical (unpaired) electrons. The summed E-state index contributed by atoms with van der Waals surface area (Å²) in [5.41, 5.74) is 0. The summed E-state index contributed by atoms with van der Waals surface area (Å²) in [6.45, 7) is 0. The molecule has 0 aromatic carbocycles. The Balaban J connectivity index is 2.16. The number of aliphatic carboxylic acids is 1. The summed E-state index contributed by atoms with van der Waals surface area (Å²) in [4.78, 5) is 22.3. The summed E-state index contributed by atoms with van der Waals surface area (Å²) in [5, 5.41) is 17.4. The van der Waals surface area contributed by atoms with Crippen LogP contribution < -0.4 is 0 Å². The van der Waals surface area contributed by atoms with Gasteiger partial charge in [0.15, 0.2) is 0 Å². The maximum Gasteiger partial charge on any atom is 0.408 e. The Morgan fingerprint density at radius 2 is 1.92 bits per heavy atom. The highest BCUT2D eigenvalue weighted by Gasteiger charge is 2.56. The standard InChI is InChI=1S/C7H9NO4/c9-6(10)5-2-3-1-4(3)8(5)7(11)12/h3-5H,1-2H2,(H,9,10)(H,11,12)/t3-,4?,5?/m0/s1. The van der Waals surface area contributed by atoms with Gasteiger partial charge in [-0.1, -0.05) is 0 Å². The molecule has 0 spiro atoms. The Morgan fingerprint density at radius 3 is 2.33 bits per heavy atom. The second-order valence-corrected chi connectivity index (χ2v) is 3.34. The van der Waals surface area contributed by atoms with Crippen LogP contribution in [-0.2, 0) is 4.79 Å². The normalized spacial score (nSPS) is 37.7. The number of carbonyl (C=O) groups is 2. The summed E-state index contributed by atoms with van der Waals surface area (Å²) in [6, 6.07) is -0.810. The van der Waals surface area contributed by atoms with Gasteiger partial charge in [0.05, 0.1) is 0 Å². The van der Waals surface area contributed by atoms with E-state index in [-0.39, 0.29) is 6.04 Å². The van der Waals surface area contributed by atoms with Crippen molar-refractivity contribution in [2.24, 2.45) is 5.92 Å². The van der Waals surface area contributed by atoms with Gasteiger partial charge in [-0.25, -0.2) is 9.59 Å². The molecule has 5 nitrogen and oxygen atoms in total. The highest BCUT2D eigenvalue weighted by Crippen LogP contribution is 2.47. The number of hydrogen-bond acceptors (Lipinski definition) is 2. The van der Waals surface area contributed by atoms with Gasteiger partial charge in [0, 0.05) is 6.04 Å². The van der Waals surface area contributed by atoms with Gasteiger partial charge in [-0.05, 0) is 18.8 Å². The maximum absolute atomic E-state index is 10.6. The molecule has 1 amide bonds. The van der Waals surface area contributed by atoms with Crippen molar-refractivity contribution in [2.75, 3.05) is 0 Å². The summed E-state index contributed by atoms with van der Waals surface area (Å²) in [5.74, 6) is -0.716. The van der Waals surface area contributed by atoms with Crippen LogP contribution >= 0.6 is 0 Å². The smallest absolute Gasteiger partial charge is 0.408 e. The zero-order valence-corrected chi connectivity index (χ0v) is 6.30. The van der Waals surface area contributed by atoms with Gasteiger partial charge < -0.3 is 10.2 Å². The van der Waals surface area contributed by atoms with Crippen LogP contribution in [0.1, 0.15) is 12.8 Å². The van der Waals surface area contributed by atoms with E-state index < -0.39 is 18.1 Å². The number of carboxylic acids is 1. The number of rotatable bonds is 1. The molecule has 1 aliphatic heterocycles. The van der Waals surface area contributed by atoms with E-state index in [9.17, 15) is 9.59 Å². The quantitative estimate of drug-likeness (QED) is 0.591. The number of likely N-dealkylation sites (tertiary alicyclic amines) is 1. The molecule has 0 aromatic rings. The van der Waals surface area contributed by atoms with Crippen molar-refractivity contribution in [1.82, 2.24) is 4.90 Å². The molecule has 2 N–H and O–H groups in total. The van der Waals surface area contributed by atoms with Gasteiger partial charge in [0.2, 0.25) is 0 Å². The van der Waals surface area contributed by atoms with Gasteiger partial charge in [0.25, 0.3) is 0 Å². The van der Waals surface area contributed by atoms with Crippen LogP contribution in [-0.4, -0.2) is 39.3 Å². The van der Waals surface area contributed by atoms with E-state index >= 15 is 0 Å². The van der Waals surface area contributed by atoms with Crippen molar-refractivity contribution in [3.63, 3.8) is 0 Å². The second-order valence-electron chi connectivity index (χ2n) is 3.34. The highest BCUT2D eigenvalue weighted by molar-refractivity contribution is 5.81. The third-order valence-electron chi connectivity index (χ3n) is 2.61. The minimum absolute atomic E-state index is 0.0106. The number of piperidine rings is 1. The Bertz CT molecular complexity index is 252. The third-order valence-corrected chi connectivity index (χ3v) is 2.61. The minimum Gasteiger partial charge on any atom is -0.480 e. The molecule has 12 heavy (non-hydrogen) atoms. The lowest BCUT2D eigenvalue weighted by atomic mass is 10.2. The first-order valence-corrected chi connectivity index (χ1v) is 3.85. The van der Waals surface area contributed by atoms with Crippen molar-refractivity contribution in [3.8, 4) is 0 Å². The van der Waals surface area contributed by atoms with E-state index in [1.165, 1.54) is 0 Å². The molecule has 2 unspecified atom stereocenters. The Kier molecular flexibility index (Phi) is 1.31. The van der Waals surface area contributed by atoms with Crippen LogP contribution in [0.25, 0.3) is 0 Å². The van der Waals surface area contributed by atoms with Gasteiger partial charge in [-0.15, -0.1) is 0 Å². The molecule has 2 rings (SSSR count). The fraction of sp³-hybridized carbons (Fsp3) is 0.714. The first-order valence-electron chi connectivity index (χ1n) is 3.85. The first-order chi connectivity index (χ1) is 5.61. The minimum atomic E-state index is -1.10. The van der Waals surface area contributed by atoms with Gasteiger partial charge >= 0.3 is 12.1 Å². The molecule has 2 fully saturated rings. The molecule has 66 valence electrons. The zero-order chi connectivity index (χ0) is 8.88. The van der Waals surface area contributed by atoms with E-state index in [1.807, 2.05) is 0 Å². The maximum atomic E-state index is 10.6. The predicted octanol–water partition coefficient (Wildman–Crippen LogP) is 0.212. The number of hydrogen-bond donors (Lipinski definition) is 2. The average molecular weight is 171 g/mol. The molecular formula is C7H9NO4. The topological polar surface area (TPSA) is 77.8 Å². The number of nitrogens with zero attached hydrogens (tertiary/aromatic N) is 1. The summed E-state index contributed by atoms with van der Waals surface area (Å²) in [7, 11) is 0. The van der Waals surface area contributed by atoms with Crippen molar-refractivity contribution in [2.45, 2.75) is 24.9 Å². The van der Waals surface area contributed by atoms with Crippen molar-refractivity contribution < 1.29 is 19.8 Å². The van der Waals surface area contributed by atoms with Crippen molar-refractivity contribution >= 4 is 12.1 Å². The van der Waals surface area contributed by atoms with Gasteiger partial charge in [-0.2, -0.15) is 0 Å². The van der Waals surface area contributed by atoms with Crippen molar-refractivity contribution in [3.05, 3.63) is 0 Å². The molecule has 3 atom stereocenters. The van der Waals surface area contributed by atoms with Crippen LogP contribution in [0, 0.1) is 5.92 Å². The van der Waals surface area contributed by atoms with Gasteiger partial charge in [0.1, 0.15) is 6.04 Å². The zero-order valence-electron chi connectivity index (χ0n) is 6.30. The average Bonchev–Trinajstić information content (AvgIpc) is 2.60. The van der Waals surface area contributed by atoms with Crippen LogP contribution in [0.4, 0.5) is 4.79 Å². The number of fused-ring (bicyclic) bond motifs is 1.